The van der Waals surface area contributed by atoms with Crippen molar-refractivity contribution in [2.45, 2.75) is 25.7 Å². The van der Waals surface area contributed by atoms with Crippen molar-refractivity contribution in [3.05, 3.63) is 65.5 Å². The van der Waals surface area contributed by atoms with Gasteiger partial charge >= 0.3 is 0 Å². The van der Waals surface area contributed by atoms with Gasteiger partial charge in [-0.05, 0) is 42.5 Å². The number of anilines is 1. The number of aryl methyl sites for hydroxylation is 1. The molecule has 4 heteroatoms. The van der Waals surface area contributed by atoms with Crippen molar-refractivity contribution < 1.29 is 9.18 Å². The van der Waals surface area contributed by atoms with Gasteiger partial charge in [-0.1, -0.05) is 36.4 Å². The molecule has 0 spiro atoms. The average molecular weight is 326 g/mol. The first-order valence-corrected chi connectivity index (χ1v) is 8.57. The van der Waals surface area contributed by atoms with E-state index >= 15 is 0 Å². The van der Waals surface area contributed by atoms with E-state index in [-0.39, 0.29) is 11.7 Å². The molecule has 1 N–H and O–H groups in total. The molecule has 2 aromatic carbocycles. The third kappa shape index (κ3) is 4.13. The molecule has 0 radical (unpaired) electrons. The van der Waals surface area contributed by atoms with Crippen molar-refractivity contribution >= 4 is 11.6 Å². The number of para-hydroxylation sites is 1. The summed E-state index contributed by atoms with van der Waals surface area (Å²) in [7, 11) is 0. The van der Waals surface area contributed by atoms with Gasteiger partial charge in [-0.15, -0.1) is 0 Å². The molecule has 1 amide bonds. The Labute approximate surface area is 142 Å². The zero-order valence-electron chi connectivity index (χ0n) is 13.8. The summed E-state index contributed by atoms with van der Waals surface area (Å²) < 4.78 is 13.5. The van der Waals surface area contributed by atoms with E-state index in [4.69, 9.17) is 0 Å². The van der Waals surface area contributed by atoms with Gasteiger partial charge in [0.2, 0.25) is 5.91 Å². The largest absolute Gasteiger partial charge is 0.371 e. The molecule has 1 heterocycles. The van der Waals surface area contributed by atoms with Crippen molar-refractivity contribution in [3.63, 3.8) is 0 Å². The molecular weight excluding hydrogens is 303 g/mol. The number of rotatable bonds is 7. The van der Waals surface area contributed by atoms with Crippen LogP contribution in [0.4, 0.5) is 10.1 Å². The maximum Gasteiger partial charge on any atom is 0.220 e. The lowest BCUT2D eigenvalue weighted by molar-refractivity contribution is -0.121. The van der Waals surface area contributed by atoms with Gasteiger partial charge in [-0.25, -0.2) is 4.39 Å². The molecule has 3 nitrogen and oxygen atoms in total. The lowest BCUT2D eigenvalue weighted by Gasteiger charge is -2.19. The summed E-state index contributed by atoms with van der Waals surface area (Å²) >= 11 is 0. The minimum Gasteiger partial charge on any atom is -0.371 e. The van der Waals surface area contributed by atoms with E-state index in [0.717, 1.165) is 25.9 Å². The van der Waals surface area contributed by atoms with E-state index in [9.17, 15) is 9.18 Å². The van der Waals surface area contributed by atoms with Crippen molar-refractivity contribution in [2.24, 2.45) is 0 Å². The number of carbonyl (C=O) groups excluding carboxylic acids is 1. The fraction of sp³-hybridized carbons (Fsp3) is 0.350. The molecule has 1 aliphatic heterocycles. The van der Waals surface area contributed by atoms with E-state index in [1.807, 2.05) is 0 Å². The van der Waals surface area contributed by atoms with Crippen LogP contribution in [0.3, 0.4) is 0 Å². The fourth-order valence-corrected chi connectivity index (χ4v) is 3.17. The zero-order valence-corrected chi connectivity index (χ0v) is 13.8. The van der Waals surface area contributed by atoms with E-state index in [0.29, 0.717) is 24.9 Å². The summed E-state index contributed by atoms with van der Waals surface area (Å²) in [5.41, 5.74) is 3.33. The Balaban J connectivity index is 1.35. The molecule has 1 aliphatic rings. The van der Waals surface area contributed by atoms with Crippen molar-refractivity contribution in [1.82, 2.24) is 5.32 Å². The number of halogens is 1. The van der Waals surface area contributed by atoms with Gasteiger partial charge in [-0.3, -0.25) is 4.79 Å². The summed E-state index contributed by atoms with van der Waals surface area (Å²) in [5.74, 6) is -0.252. The van der Waals surface area contributed by atoms with Crippen LogP contribution in [-0.2, 0) is 17.6 Å². The molecule has 0 bridgehead atoms. The second kappa shape index (κ2) is 7.95. The van der Waals surface area contributed by atoms with E-state index < -0.39 is 0 Å². The van der Waals surface area contributed by atoms with E-state index in [1.165, 1.54) is 17.3 Å². The molecule has 24 heavy (non-hydrogen) atoms. The standard InChI is InChI=1S/C20H23FN2O/c21-18-8-3-1-6-16(18)10-11-20(24)22-13-5-14-23-15-12-17-7-2-4-9-19(17)23/h1-4,6-9H,5,10-15H2,(H,22,24). The normalized spacial score (nSPS) is 13.0. The van der Waals surface area contributed by atoms with Gasteiger partial charge in [-0.2, -0.15) is 0 Å². The van der Waals surface area contributed by atoms with Crippen molar-refractivity contribution in [3.8, 4) is 0 Å². The SMILES string of the molecule is O=C(CCc1ccccc1F)NCCCN1CCc2ccccc21. The van der Waals surface area contributed by atoms with Crippen LogP contribution in [0, 0.1) is 5.82 Å². The number of amides is 1. The van der Waals surface area contributed by atoms with Crippen LogP contribution < -0.4 is 10.2 Å². The maximum atomic E-state index is 13.5. The third-order valence-electron chi connectivity index (χ3n) is 4.49. The molecule has 2 aromatic rings. The first-order valence-electron chi connectivity index (χ1n) is 8.57. The molecule has 0 unspecified atom stereocenters. The zero-order chi connectivity index (χ0) is 16.8. The van der Waals surface area contributed by atoms with Gasteiger partial charge in [0.1, 0.15) is 5.82 Å². The average Bonchev–Trinajstić information content (AvgIpc) is 3.01. The lowest BCUT2D eigenvalue weighted by Crippen LogP contribution is -2.29. The number of hydrogen-bond donors (Lipinski definition) is 1. The predicted octanol–water partition coefficient (Wildman–Crippen LogP) is 3.33. The Morgan fingerprint density at radius 3 is 2.79 bits per heavy atom. The van der Waals surface area contributed by atoms with Crippen molar-refractivity contribution in [2.75, 3.05) is 24.5 Å². The highest BCUT2D eigenvalue weighted by Crippen LogP contribution is 2.27. The molecule has 0 atom stereocenters. The minimum atomic E-state index is -0.238. The van der Waals surface area contributed by atoms with Gasteiger partial charge in [0.15, 0.2) is 0 Å². The summed E-state index contributed by atoms with van der Waals surface area (Å²) in [6, 6.07) is 15.1. The fourth-order valence-electron chi connectivity index (χ4n) is 3.17. The minimum absolute atomic E-state index is 0.0138. The van der Waals surface area contributed by atoms with Crippen LogP contribution in [0.2, 0.25) is 0 Å². The van der Waals surface area contributed by atoms with Crippen LogP contribution in [0.25, 0.3) is 0 Å². The second-order valence-electron chi connectivity index (χ2n) is 6.16. The molecule has 0 saturated heterocycles. The highest BCUT2D eigenvalue weighted by atomic mass is 19.1. The van der Waals surface area contributed by atoms with Gasteiger partial charge in [0.25, 0.3) is 0 Å². The first-order chi connectivity index (χ1) is 11.7. The number of nitrogens with zero attached hydrogens (tertiary/aromatic N) is 1. The summed E-state index contributed by atoms with van der Waals surface area (Å²) in [4.78, 5) is 14.3. The maximum absolute atomic E-state index is 13.5. The van der Waals surface area contributed by atoms with Gasteiger partial charge in [0, 0.05) is 31.7 Å². The predicted molar refractivity (Wildman–Crippen MR) is 94.7 cm³/mol. The van der Waals surface area contributed by atoms with Gasteiger partial charge in [0.05, 0.1) is 0 Å². The molecule has 0 aliphatic carbocycles. The molecule has 126 valence electrons. The van der Waals surface area contributed by atoms with Crippen molar-refractivity contribution in [1.29, 1.82) is 0 Å². The smallest absolute Gasteiger partial charge is 0.220 e. The number of hydrogen-bond acceptors (Lipinski definition) is 2. The van der Waals surface area contributed by atoms with Crippen LogP contribution in [0.1, 0.15) is 24.0 Å². The Bertz CT molecular complexity index is 702. The Morgan fingerprint density at radius 1 is 1.12 bits per heavy atom. The topological polar surface area (TPSA) is 32.3 Å². The molecule has 0 saturated carbocycles. The van der Waals surface area contributed by atoms with Crippen LogP contribution in [0.15, 0.2) is 48.5 Å². The molecule has 0 aromatic heterocycles. The number of benzene rings is 2. The summed E-state index contributed by atoms with van der Waals surface area (Å²) in [6.07, 6.45) is 2.79. The number of nitrogens with one attached hydrogen (secondary N) is 1. The first kappa shape index (κ1) is 16.5. The summed E-state index contributed by atoms with van der Waals surface area (Å²) in [5, 5.41) is 2.93. The third-order valence-corrected chi connectivity index (χ3v) is 4.49. The Kier molecular flexibility index (Phi) is 5.47. The van der Waals surface area contributed by atoms with Crippen LogP contribution >= 0.6 is 0 Å². The molecule has 0 fully saturated rings. The van der Waals surface area contributed by atoms with E-state index in [2.05, 4.69) is 34.5 Å². The number of carbonyl (C=O) groups is 1. The second-order valence-corrected chi connectivity index (χ2v) is 6.16. The lowest BCUT2D eigenvalue weighted by atomic mass is 10.1. The quantitative estimate of drug-likeness (QED) is 0.792. The molecular formula is C20H23FN2O. The summed E-state index contributed by atoms with van der Waals surface area (Å²) in [6.45, 7) is 2.67. The van der Waals surface area contributed by atoms with Crippen LogP contribution in [0.5, 0.6) is 0 Å². The highest BCUT2D eigenvalue weighted by molar-refractivity contribution is 5.76. The monoisotopic (exact) mass is 326 g/mol. The Hall–Kier alpha value is -2.36. The number of fused-ring (bicyclic) bond motifs is 1. The van der Waals surface area contributed by atoms with Crippen LogP contribution in [-0.4, -0.2) is 25.5 Å². The van der Waals surface area contributed by atoms with E-state index in [1.54, 1.807) is 18.2 Å². The molecule has 3 rings (SSSR count). The van der Waals surface area contributed by atoms with Gasteiger partial charge < -0.3 is 10.2 Å². The Morgan fingerprint density at radius 2 is 1.92 bits per heavy atom. The highest BCUT2D eigenvalue weighted by Gasteiger charge is 2.17.